The molecule has 0 N–H and O–H groups in total. The molecule has 1 aliphatic heterocycles. The maximum Gasteiger partial charge on any atom is 0.00510 e. The van der Waals surface area contributed by atoms with Crippen LogP contribution in [0.3, 0.4) is 0 Å². The zero-order valence-electron chi connectivity index (χ0n) is 9.80. The van der Waals surface area contributed by atoms with Crippen molar-refractivity contribution in [2.75, 3.05) is 33.7 Å². The number of likely N-dealkylation sites (tertiary alicyclic amines) is 1. The van der Waals surface area contributed by atoms with Gasteiger partial charge in [0.25, 0.3) is 0 Å². The molecule has 2 heteroatoms. The van der Waals surface area contributed by atoms with Crippen LogP contribution in [-0.4, -0.2) is 49.6 Å². The molecule has 0 aromatic carbocycles. The van der Waals surface area contributed by atoms with E-state index in [1.807, 2.05) is 0 Å². The minimum Gasteiger partial charge on any atom is -0.309 e. The maximum absolute atomic E-state index is 2.55. The molecule has 0 aromatic heterocycles. The fraction of sp³-hybridized carbons (Fsp3) is 1.00. The molecule has 0 unspecified atom stereocenters. The third-order valence-corrected chi connectivity index (χ3v) is 3.06. The van der Waals surface area contributed by atoms with E-state index in [-0.39, 0.29) is 0 Å². The molecule has 0 atom stereocenters. The van der Waals surface area contributed by atoms with Crippen molar-refractivity contribution in [2.45, 2.75) is 33.2 Å². The van der Waals surface area contributed by atoms with E-state index in [9.17, 15) is 0 Å². The van der Waals surface area contributed by atoms with Crippen LogP contribution in [0.1, 0.15) is 27.2 Å². The van der Waals surface area contributed by atoms with Crippen LogP contribution in [0, 0.1) is 5.41 Å². The van der Waals surface area contributed by atoms with Gasteiger partial charge in [-0.2, -0.15) is 0 Å². The molecule has 0 amide bonds. The first kappa shape index (κ1) is 11.0. The molecule has 13 heavy (non-hydrogen) atoms. The van der Waals surface area contributed by atoms with Crippen LogP contribution < -0.4 is 0 Å². The molecule has 78 valence electrons. The zero-order chi connectivity index (χ0) is 10.1. The topological polar surface area (TPSA) is 6.48 Å². The molecule has 1 aliphatic rings. The lowest BCUT2D eigenvalue weighted by molar-refractivity contribution is -0.0176. The van der Waals surface area contributed by atoms with E-state index in [0.717, 1.165) is 6.04 Å². The summed E-state index contributed by atoms with van der Waals surface area (Å²) in [5.74, 6) is 0. The zero-order valence-corrected chi connectivity index (χ0v) is 9.80. The summed E-state index contributed by atoms with van der Waals surface area (Å²) in [6, 6.07) is 0.729. The molecule has 0 aromatic rings. The van der Waals surface area contributed by atoms with Crippen LogP contribution in [0.4, 0.5) is 0 Å². The first-order valence-corrected chi connectivity index (χ1v) is 5.32. The van der Waals surface area contributed by atoms with E-state index in [1.165, 1.54) is 26.1 Å². The first-order valence-electron chi connectivity index (χ1n) is 5.32. The van der Waals surface area contributed by atoms with Gasteiger partial charge in [0.15, 0.2) is 0 Å². The largest absolute Gasteiger partial charge is 0.309 e. The molecule has 0 bridgehead atoms. The van der Waals surface area contributed by atoms with Crippen molar-refractivity contribution in [3.63, 3.8) is 0 Å². The molecule has 1 rings (SSSR count). The summed E-state index contributed by atoms with van der Waals surface area (Å²) < 4.78 is 0. The van der Waals surface area contributed by atoms with Crippen molar-refractivity contribution < 1.29 is 0 Å². The van der Waals surface area contributed by atoms with Crippen molar-refractivity contribution in [2.24, 2.45) is 5.41 Å². The van der Waals surface area contributed by atoms with Crippen LogP contribution in [0.5, 0.6) is 0 Å². The summed E-state index contributed by atoms with van der Waals surface area (Å²) in [4.78, 5) is 4.83. The summed E-state index contributed by atoms with van der Waals surface area (Å²) in [6.45, 7) is 10.8. The monoisotopic (exact) mass is 184 g/mol. The Bertz CT molecular complexity index is 152. The van der Waals surface area contributed by atoms with E-state index < -0.39 is 0 Å². The minimum atomic E-state index is 0.592. The standard InChI is InChI=1S/C11H24N2/c1-10(2)13-8-11(3,9-13)6-7-12(4)5/h10H,6-9H2,1-5H3. The molecule has 0 saturated carbocycles. The lowest BCUT2D eigenvalue weighted by atomic mass is 9.78. The van der Waals surface area contributed by atoms with E-state index >= 15 is 0 Å². The van der Waals surface area contributed by atoms with Crippen molar-refractivity contribution >= 4 is 0 Å². The number of hydrogen-bond acceptors (Lipinski definition) is 2. The Morgan fingerprint density at radius 3 is 2.23 bits per heavy atom. The Morgan fingerprint density at radius 2 is 1.85 bits per heavy atom. The minimum absolute atomic E-state index is 0.592. The second-order valence-electron chi connectivity index (χ2n) is 5.36. The first-order chi connectivity index (χ1) is 5.93. The van der Waals surface area contributed by atoms with Crippen molar-refractivity contribution in [1.82, 2.24) is 9.80 Å². The molecule has 0 spiro atoms. The smallest absolute Gasteiger partial charge is 0.00510 e. The van der Waals surface area contributed by atoms with Gasteiger partial charge in [-0.05, 0) is 46.3 Å². The van der Waals surface area contributed by atoms with Crippen LogP contribution in [-0.2, 0) is 0 Å². The highest BCUT2D eigenvalue weighted by Gasteiger charge is 2.38. The number of nitrogens with zero attached hydrogens (tertiary/aromatic N) is 2. The van der Waals surface area contributed by atoms with Gasteiger partial charge in [-0.25, -0.2) is 0 Å². The molecule has 2 nitrogen and oxygen atoms in total. The summed E-state index contributed by atoms with van der Waals surface area (Å²) in [5, 5.41) is 0. The van der Waals surface area contributed by atoms with Crippen molar-refractivity contribution in [1.29, 1.82) is 0 Å². The van der Waals surface area contributed by atoms with Crippen LogP contribution >= 0.6 is 0 Å². The van der Waals surface area contributed by atoms with Gasteiger partial charge in [0, 0.05) is 19.1 Å². The summed E-state index contributed by atoms with van der Waals surface area (Å²) in [6.07, 6.45) is 1.34. The maximum atomic E-state index is 2.55. The highest BCUT2D eigenvalue weighted by atomic mass is 15.2. The van der Waals surface area contributed by atoms with Gasteiger partial charge < -0.3 is 4.90 Å². The molecular formula is C11H24N2. The van der Waals surface area contributed by atoms with Gasteiger partial charge in [0.05, 0.1) is 0 Å². The van der Waals surface area contributed by atoms with Gasteiger partial charge in [-0.15, -0.1) is 0 Å². The normalized spacial score (nSPS) is 22.4. The Morgan fingerprint density at radius 1 is 1.31 bits per heavy atom. The number of hydrogen-bond donors (Lipinski definition) is 0. The highest BCUT2D eigenvalue weighted by Crippen LogP contribution is 2.34. The van der Waals surface area contributed by atoms with E-state index in [1.54, 1.807) is 0 Å². The molecule has 1 heterocycles. The van der Waals surface area contributed by atoms with Gasteiger partial charge in [-0.3, -0.25) is 4.90 Å². The predicted octanol–water partition coefficient (Wildman–Crippen LogP) is 1.67. The van der Waals surface area contributed by atoms with Crippen LogP contribution in [0.2, 0.25) is 0 Å². The molecule has 0 aliphatic carbocycles. The molecule has 1 fully saturated rings. The second kappa shape index (κ2) is 3.97. The summed E-state index contributed by atoms with van der Waals surface area (Å²) in [7, 11) is 4.31. The fourth-order valence-corrected chi connectivity index (χ4v) is 1.95. The third kappa shape index (κ3) is 2.96. The SMILES string of the molecule is CC(C)N1CC(C)(CCN(C)C)C1. The van der Waals surface area contributed by atoms with Crippen molar-refractivity contribution in [3.8, 4) is 0 Å². The summed E-state index contributed by atoms with van der Waals surface area (Å²) >= 11 is 0. The molecular weight excluding hydrogens is 160 g/mol. The molecule has 1 saturated heterocycles. The van der Waals surface area contributed by atoms with E-state index in [0.29, 0.717) is 5.41 Å². The quantitative estimate of drug-likeness (QED) is 0.656. The Balaban J connectivity index is 2.22. The van der Waals surface area contributed by atoms with Crippen LogP contribution in [0.25, 0.3) is 0 Å². The average molecular weight is 184 g/mol. The summed E-state index contributed by atoms with van der Waals surface area (Å²) in [5.41, 5.74) is 0.592. The Labute approximate surface area is 82.9 Å². The van der Waals surface area contributed by atoms with Crippen molar-refractivity contribution in [3.05, 3.63) is 0 Å². The van der Waals surface area contributed by atoms with E-state index in [4.69, 9.17) is 0 Å². The van der Waals surface area contributed by atoms with Gasteiger partial charge in [0.2, 0.25) is 0 Å². The number of rotatable bonds is 4. The predicted molar refractivity (Wildman–Crippen MR) is 58.0 cm³/mol. The second-order valence-corrected chi connectivity index (χ2v) is 5.36. The van der Waals surface area contributed by atoms with Gasteiger partial charge in [-0.1, -0.05) is 6.92 Å². The molecule has 0 radical (unpaired) electrons. The Hall–Kier alpha value is -0.0800. The lowest BCUT2D eigenvalue weighted by Gasteiger charge is -2.50. The van der Waals surface area contributed by atoms with Crippen LogP contribution in [0.15, 0.2) is 0 Å². The highest BCUT2D eigenvalue weighted by molar-refractivity contribution is 4.92. The fourth-order valence-electron chi connectivity index (χ4n) is 1.95. The lowest BCUT2D eigenvalue weighted by Crippen LogP contribution is -2.57. The Kier molecular flexibility index (Phi) is 3.36. The van der Waals surface area contributed by atoms with E-state index in [2.05, 4.69) is 44.7 Å². The van der Waals surface area contributed by atoms with Gasteiger partial charge in [0.1, 0.15) is 0 Å². The van der Waals surface area contributed by atoms with Gasteiger partial charge >= 0.3 is 0 Å². The third-order valence-electron chi connectivity index (χ3n) is 3.06. The average Bonchev–Trinajstić information content (AvgIpc) is 1.95.